The number of imidazole rings is 2. The fourth-order valence-electron chi connectivity index (χ4n) is 4.02. The Labute approximate surface area is 221 Å². The van der Waals surface area contributed by atoms with Crippen LogP contribution in [-0.2, 0) is 36.1 Å². The highest BCUT2D eigenvalue weighted by molar-refractivity contribution is 7.89. The third-order valence-electron chi connectivity index (χ3n) is 6.09. The average molecular weight is 570 g/mol. The monoisotopic (exact) mass is 569 g/mol. The van der Waals surface area contributed by atoms with E-state index < -0.39 is 32.9 Å². The molecular formula is C24H23ClF3N5O4S. The number of alkyl halides is 3. The van der Waals surface area contributed by atoms with Crippen LogP contribution in [0.3, 0.4) is 0 Å². The van der Waals surface area contributed by atoms with Crippen LogP contribution in [0.4, 0.5) is 18.0 Å². The molecule has 202 valence electrons. The average Bonchev–Trinajstić information content (AvgIpc) is 3.37. The van der Waals surface area contributed by atoms with E-state index in [4.69, 9.17) is 11.6 Å². The Kier molecular flexibility index (Phi) is 7.19. The van der Waals surface area contributed by atoms with Gasteiger partial charge < -0.3 is 9.67 Å². The zero-order chi connectivity index (χ0) is 28.0. The van der Waals surface area contributed by atoms with Gasteiger partial charge in [0.15, 0.2) is 5.03 Å². The standard InChI is InChI=1S/C24H23ClF3N5O4S/c1-4-21-30-19-11-17(24(26,27)28)18(25)12-20(19)33(21)16-7-5-15(6-8-16)9-10-32(23(34)35)38(36,37)22-13-31(3)14(2)29-22/h5-8,11-13H,4,9-10H2,1-3H3,(H,34,35). The zero-order valence-corrected chi connectivity index (χ0v) is 22.1. The van der Waals surface area contributed by atoms with Gasteiger partial charge in [0.25, 0.3) is 10.0 Å². The number of carboxylic acid groups (broad SMARTS) is 1. The third-order valence-corrected chi connectivity index (χ3v) is 8.04. The molecule has 1 N–H and O–H groups in total. The van der Waals surface area contributed by atoms with Gasteiger partial charge in [-0.1, -0.05) is 30.7 Å². The molecule has 0 spiro atoms. The summed E-state index contributed by atoms with van der Waals surface area (Å²) in [4.78, 5) is 20.1. The predicted molar refractivity (Wildman–Crippen MR) is 134 cm³/mol. The maximum atomic E-state index is 13.3. The molecule has 2 aromatic carbocycles. The molecule has 0 aliphatic carbocycles. The number of benzene rings is 2. The van der Waals surface area contributed by atoms with Crippen molar-refractivity contribution in [2.45, 2.75) is 37.9 Å². The van der Waals surface area contributed by atoms with Crippen molar-refractivity contribution in [3.05, 3.63) is 70.4 Å². The van der Waals surface area contributed by atoms with Gasteiger partial charge in [0, 0.05) is 31.9 Å². The van der Waals surface area contributed by atoms with Crippen molar-refractivity contribution in [3.63, 3.8) is 0 Å². The number of hydrogen-bond acceptors (Lipinski definition) is 5. The largest absolute Gasteiger partial charge is 0.464 e. The number of nitrogens with zero attached hydrogens (tertiary/aromatic N) is 5. The van der Waals surface area contributed by atoms with Gasteiger partial charge in [-0.15, -0.1) is 0 Å². The van der Waals surface area contributed by atoms with Crippen LogP contribution >= 0.6 is 11.6 Å². The maximum Gasteiger partial charge on any atom is 0.421 e. The summed E-state index contributed by atoms with van der Waals surface area (Å²) in [5.74, 6) is 0.941. The van der Waals surface area contributed by atoms with E-state index in [2.05, 4.69) is 9.97 Å². The van der Waals surface area contributed by atoms with Crippen LogP contribution in [0.2, 0.25) is 5.02 Å². The number of halogens is 4. The Morgan fingerprint density at radius 2 is 1.82 bits per heavy atom. The molecule has 2 aromatic heterocycles. The first-order chi connectivity index (χ1) is 17.7. The molecular weight excluding hydrogens is 547 g/mol. The van der Waals surface area contributed by atoms with E-state index in [-0.39, 0.29) is 23.5 Å². The van der Waals surface area contributed by atoms with Crippen molar-refractivity contribution in [3.8, 4) is 5.69 Å². The molecule has 0 fully saturated rings. The number of aromatic nitrogens is 4. The Bertz CT molecular complexity index is 1610. The number of rotatable bonds is 7. The number of amides is 1. The lowest BCUT2D eigenvalue weighted by atomic mass is 10.1. The highest BCUT2D eigenvalue weighted by Crippen LogP contribution is 2.37. The highest BCUT2D eigenvalue weighted by Gasteiger charge is 2.34. The van der Waals surface area contributed by atoms with E-state index in [0.717, 1.165) is 6.07 Å². The SMILES string of the molecule is CCc1nc2cc(C(F)(F)F)c(Cl)cc2n1-c1ccc(CCN(C(=O)O)S(=O)(=O)c2cn(C)c(C)n2)cc1. The molecule has 0 saturated carbocycles. The van der Waals surface area contributed by atoms with Crippen LogP contribution in [0.15, 0.2) is 47.6 Å². The summed E-state index contributed by atoms with van der Waals surface area (Å²) < 4.78 is 69.1. The van der Waals surface area contributed by atoms with Gasteiger partial charge in [-0.3, -0.25) is 4.57 Å². The van der Waals surface area contributed by atoms with E-state index >= 15 is 0 Å². The smallest absolute Gasteiger partial charge is 0.421 e. The first-order valence-corrected chi connectivity index (χ1v) is 13.2. The summed E-state index contributed by atoms with van der Waals surface area (Å²) in [6.45, 7) is 3.08. The topological polar surface area (TPSA) is 110 Å². The predicted octanol–water partition coefficient (Wildman–Crippen LogP) is 5.21. The van der Waals surface area contributed by atoms with Crippen molar-refractivity contribution in [2.75, 3.05) is 6.54 Å². The van der Waals surface area contributed by atoms with Crippen LogP contribution < -0.4 is 0 Å². The minimum atomic E-state index is -4.62. The Morgan fingerprint density at radius 1 is 1.16 bits per heavy atom. The molecule has 0 atom stereocenters. The Balaban J connectivity index is 1.61. The Hall–Kier alpha value is -3.58. The second-order valence-electron chi connectivity index (χ2n) is 8.55. The lowest BCUT2D eigenvalue weighted by molar-refractivity contribution is -0.137. The zero-order valence-electron chi connectivity index (χ0n) is 20.5. The summed E-state index contributed by atoms with van der Waals surface area (Å²) in [6, 6.07) is 8.92. The summed E-state index contributed by atoms with van der Waals surface area (Å²) in [6.07, 6.45) is -4.47. The first kappa shape index (κ1) is 27.5. The molecule has 9 nitrogen and oxygen atoms in total. The van der Waals surface area contributed by atoms with E-state index in [9.17, 15) is 31.5 Å². The van der Waals surface area contributed by atoms with Gasteiger partial charge in [0.05, 0.1) is 21.6 Å². The van der Waals surface area contributed by atoms with E-state index in [1.54, 1.807) is 42.8 Å². The fourth-order valence-corrected chi connectivity index (χ4v) is 5.58. The third kappa shape index (κ3) is 5.07. The molecule has 0 aliphatic rings. The summed E-state index contributed by atoms with van der Waals surface area (Å²) in [5.41, 5.74) is 0.840. The van der Waals surface area contributed by atoms with Crippen LogP contribution in [0, 0.1) is 6.92 Å². The minimum Gasteiger partial charge on any atom is -0.464 e. The van der Waals surface area contributed by atoms with Gasteiger partial charge >= 0.3 is 12.3 Å². The number of fused-ring (bicyclic) bond motifs is 1. The summed E-state index contributed by atoms with van der Waals surface area (Å²) >= 11 is 5.94. The second-order valence-corrected chi connectivity index (χ2v) is 10.8. The molecule has 0 aliphatic heterocycles. The van der Waals surface area contributed by atoms with Gasteiger partial charge in [-0.05, 0) is 43.2 Å². The van der Waals surface area contributed by atoms with Gasteiger partial charge in [0.2, 0.25) is 0 Å². The number of carbonyl (C=O) groups is 1. The van der Waals surface area contributed by atoms with Crippen molar-refractivity contribution >= 4 is 38.8 Å². The van der Waals surface area contributed by atoms with E-state index in [0.29, 0.717) is 39.1 Å². The van der Waals surface area contributed by atoms with Crippen LogP contribution in [0.25, 0.3) is 16.7 Å². The molecule has 0 saturated heterocycles. The lowest BCUT2D eigenvalue weighted by Crippen LogP contribution is -2.37. The molecule has 2 heterocycles. The number of sulfonamides is 1. The number of hydrogen-bond donors (Lipinski definition) is 1. The molecule has 14 heteroatoms. The minimum absolute atomic E-state index is 0.0870. The van der Waals surface area contributed by atoms with Crippen LogP contribution in [-0.4, -0.2) is 49.6 Å². The van der Waals surface area contributed by atoms with Crippen molar-refractivity contribution in [1.29, 1.82) is 0 Å². The maximum absolute atomic E-state index is 13.3. The first-order valence-electron chi connectivity index (χ1n) is 11.4. The Morgan fingerprint density at radius 3 is 2.34 bits per heavy atom. The van der Waals surface area contributed by atoms with Crippen molar-refractivity contribution in [2.24, 2.45) is 7.05 Å². The van der Waals surface area contributed by atoms with Gasteiger partial charge in [-0.2, -0.15) is 25.9 Å². The number of aryl methyl sites for hydroxylation is 3. The normalized spacial score (nSPS) is 12.3. The summed E-state index contributed by atoms with van der Waals surface area (Å²) in [5, 5.41) is 8.76. The molecule has 38 heavy (non-hydrogen) atoms. The second kappa shape index (κ2) is 9.95. The lowest BCUT2D eigenvalue weighted by Gasteiger charge is -2.18. The molecule has 0 unspecified atom stereocenters. The van der Waals surface area contributed by atoms with Gasteiger partial charge in [0.1, 0.15) is 11.6 Å². The molecule has 4 aromatic rings. The van der Waals surface area contributed by atoms with E-state index in [1.807, 2.05) is 6.92 Å². The molecule has 1 amide bonds. The van der Waals surface area contributed by atoms with Gasteiger partial charge in [-0.25, -0.2) is 14.8 Å². The molecule has 0 radical (unpaired) electrons. The van der Waals surface area contributed by atoms with Crippen molar-refractivity contribution < 1.29 is 31.5 Å². The quantitative estimate of drug-likeness (QED) is 0.327. The molecule has 4 rings (SSSR count). The van der Waals surface area contributed by atoms with E-state index in [1.165, 1.54) is 16.8 Å². The molecule has 0 bridgehead atoms. The van der Waals surface area contributed by atoms with Crippen LogP contribution in [0.5, 0.6) is 0 Å². The van der Waals surface area contributed by atoms with Crippen LogP contribution in [0.1, 0.15) is 29.7 Å². The highest BCUT2D eigenvalue weighted by atomic mass is 35.5. The van der Waals surface area contributed by atoms with Crippen molar-refractivity contribution in [1.82, 2.24) is 23.4 Å². The summed E-state index contributed by atoms with van der Waals surface area (Å²) in [7, 11) is -2.77. The fraction of sp³-hybridized carbons (Fsp3) is 0.292.